The Kier molecular flexibility index (Phi) is 8.35. The zero-order valence-electron chi connectivity index (χ0n) is 15.4. The molecule has 0 amide bonds. The minimum Gasteiger partial charge on any atom is -0.406 e. The molecule has 2 aromatic carbocycles. The smallest absolute Gasteiger partial charge is 0.406 e. The van der Waals surface area contributed by atoms with E-state index < -0.39 is 6.36 Å². The van der Waals surface area contributed by atoms with Gasteiger partial charge in [0.15, 0.2) is 5.96 Å². The summed E-state index contributed by atoms with van der Waals surface area (Å²) in [5.74, 6) is -0.208. The van der Waals surface area contributed by atoms with Gasteiger partial charge < -0.3 is 15.8 Å². The lowest BCUT2D eigenvalue weighted by Gasteiger charge is -2.17. The molecule has 6 nitrogen and oxygen atoms in total. The molecule has 0 aliphatic heterocycles. The van der Waals surface area contributed by atoms with Crippen molar-refractivity contribution in [3.8, 4) is 5.75 Å². The summed E-state index contributed by atoms with van der Waals surface area (Å²) in [7, 11) is 0. The molecule has 30 heavy (non-hydrogen) atoms. The van der Waals surface area contributed by atoms with Gasteiger partial charge >= 0.3 is 6.36 Å². The van der Waals surface area contributed by atoms with Gasteiger partial charge in [-0.15, -0.1) is 37.1 Å². The highest BCUT2D eigenvalue weighted by Crippen LogP contribution is 2.24. The van der Waals surface area contributed by atoms with E-state index >= 15 is 0 Å². The summed E-state index contributed by atoms with van der Waals surface area (Å²) in [5, 5.41) is 7.72. The van der Waals surface area contributed by atoms with Gasteiger partial charge in [0.25, 0.3) is 0 Å². The third-order valence-corrected chi connectivity index (χ3v) is 4.15. The van der Waals surface area contributed by atoms with Crippen molar-refractivity contribution in [2.45, 2.75) is 12.4 Å². The van der Waals surface area contributed by atoms with Gasteiger partial charge in [0, 0.05) is 23.1 Å². The zero-order valence-corrected chi connectivity index (χ0v) is 18.5. The fourth-order valence-corrected chi connectivity index (χ4v) is 2.73. The molecule has 0 saturated heterocycles. The van der Waals surface area contributed by atoms with Gasteiger partial charge in [-0.05, 0) is 48.0 Å². The van der Waals surface area contributed by atoms with Gasteiger partial charge in [0.1, 0.15) is 5.75 Å². The first-order valence-electron chi connectivity index (χ1n) is 8.47. The van der Waals surface area contributed by atoms with Crippen molar-refractivity contribution in [2.24, 2.45) is 10.7 Å². The van der Waals surface area contributed by atoms with Crippen LogP contribution in [0.15, 0.2) is 72.0 Å². The Hall–Kier alpha value is -2.47. The molecule has 3 N–H and O–H groups in total. The van der Waals surface area contributed by atoms with Crippen molar-refractivity contribution >= 4 is 47.2 Å². The molecule has 0 spiro atoms. The highest BCUT2D eigenvalue weighted by Gasteiger charge is 2.30. The van der Waals surface area contributed by atoms with E-state index in [4.69, 9.17) is 17.3 Å². The highest BCUT2D eigenvalue weighted by atomic mass is 127. The van der Waals surface area contributed by atoms with Crippen LogP contribution in [-0.4, -0.2) is 28.6 Å². The summed E-state index contributed by atoms with van der Waals surface area (Å²) < 4.78 is 42.2. The van der Waals surface area contributed by atoms with Crippen LogP contribution in [0.5, 0.6) is 5.75 Å². The zero-order chi connectivity index (χ0) is 20.9. The standard InChI is InChI=1S/C19H17ClF3N5O.HI/c20-14-4-2-13(3-5-14)17(28-11-1-10-26-28)12-25-18(24)27-15-6-8-16(9-7-15)29-19(21,22)23;/h1-11,17H,12H2,(H3,24,25,27);1H. The summed E-state index contributed by atoms with van der Waals surface area (Å²) in [6.07, 6.45) is -1.25. The van der Waals surface area contributed by atoms with Crippen LogP contribution in [0.2, 0.25) is 5.02 Å². The van der Waals surface area contributed by atoms with E-state index in [0.717, 1.165) is 5.56 Å². The Morgan fingerprint density at radius 3 is 2.40 bits per heavy atom. The van der Waals surface area contributed by atoms with E-state index in [1.54, 1.807) is 29.1 Å². The van der Waals surface area contributed by atoms with Gasteiger partial charge in [-0.1, -0.05) is 23.7 Å². The van der Waals surface area contributed by atoms with Crippen molar-refractivity contribution in [1.29, 1.82) is 0 Å². The number of hydrogen-bond acceptors (Lipinski definition) is 3. The van der Waals surface area contributed by atoms with E-state index in [-0.39, 0.29) is 48.3 Å². The summed E-state index contributed by atoms with van der Waals surface area (Å²) in [5.41, 5.74) is 7.35. The Bertz CT molecular complexity index is 948. The van der Waals surface area contributed by atoms with Crippen molar-refractivity contribution in [2.75, 3.05) is 11.9 Å². The van der Waals surface area contributed by atoms with Crippen LogP contribution >= 0.6 is 35.6 Å². The lowest BCUT2D eigenvalue weighted by molar-refractivity contribution is -0.274. The second kappa shape index (κ2) is 10.5. The SMILES string of the molecule is I.NC(=NCC(c1ccc(Cl)cc1)n1cccn1)Nc1ccc(OC(F)(F)F)cc1. The van der Waals surface area contributed by atoms with Crippen LogP contribution in [0.1, 0.15) is 11.6 Å². The minimum atomic E-state index is -4.74. The first-order chi connectivity index (χ1) is 13.8. The maximum absolute atomic E-state index is 12.2. The molecule has 3 aromatic rings. The van der Waals surface area contributed by atoms with Crippen molar-refractivity contribution < 1.29 is 17.9 Å². The third-order valence-electron chi connectivity index (χ3n) is 3.89. The maximum atomic E-state index is 12.2. The van der Waals surface area contributed by atoms with E-state index in [9.17, 15) is 13.2 Å². The van der Waals surface area contributed by atoms with Crippen LogP contribution in [0, 0.1) is 0 Å². The fraction of sp³-hybridized carbons (Fsp3) is 0.158. The summed E-state index contributed by atoms with van der Waals surface area (Å²) in [6, 6.07) is 14.1. The molecule has 0 radical (unpaired) electrons. The predicted molar refractivity (Wildman–Crippen MR) is 120 cm³/mol. The molecule has 3 rings (SSSR count). The number of aliphatic imine (C=N–C) groups is 1. The number of nitrogens with zero attached hydrogens (tertiary/aromatic N) is 3. The number of ether oxygens (including phenoxy) is 1. The van der Waals surface area contributed by atoms with Gasteiger partial charge in [-0.25, -0.2) is 0 Å². The van der Waals surface area contributed by atoms with Gasteiger partial charge in [0.05, 0.1) is 12.6 Å². The molecular weight excluding hydrogens is 534 g/mol. The molecule has 1 atom stereocenters. The first-order valence-corrected chi connectivity index (χ1v) is 8.85. The van der Waals surface area contributed by atoms with Gasteiger partial charge in [0.2, 0.25) is 0 Å². The van der Waals surface area contributed by atoms with Crippen LogP contribution in [-0.2, 0) is 0 Å². The number of hydrogen-bond donors (Lipinski definition) is 2. The average Bonchev–Trinajstić information content (AvgIpc) is 3.18. The molecule has 1 unspecified atom stereocenters. The number of rotatable bonds is 6. The van der Waals surface area contributed by atoms with E-state index in [0.29, 0.717) is 10.7 Å². The lowest BCUT2D eigenvalue weighted by Crippen LogP contribution is -2.25. The normalized spacial score (nSPS) is 12.7. The molecular formula is C19H18ClF3IN5O. The topological polar surface area (TPSA) is 77.5 Å². The third kappa shape index (κ3) is 7.10. The van der Waals surface area contributed by atoms with Crippen LogP contribution in [0.3, 0.4) is 0 Å². The molecule has 1 aromatic heterocycles. The van der Waals surface area contributed by atoms with E-state index in [1.807, 2.05) is 18.3 Å². The molecule has 0 saturated carbocycles. The molecule has 0 fully saturated rings. The van der Waals surface area contributed by atoms with Gasteiger partial charge in [-0.3, -0.25) is 9.67 Å². The molecule has 11 heteroatoms. The largest absolute Gasteiger partial charge is 0.573 e. The molecule has 1 heterocycles. The van der Waals surface area contributed by atoms with Crippen LogP contribution in [0.4, 0.5) is 18.9 Å². The first kappa shape index (κ1) is 23.8. The number of benzene rings is 2. The molecule has 0 bridgehead atoms. The molecule has 0 aliphatic rings. The van der Waals surface area contributed by atoms with Crippen molar-refractivity contribution in [1.82, 2.24) is 9.78 Å². The Labute approximate surface area is 192 Å². The Morgan fingerprint density at radius 1 is 1.17 bits per heavy atom. The number of guanidine groups is 1. The summed E-state index contributed by atoms with van der Waals surface area (Å²) >= 11 is 5.95. The fourth-order valence-electron chi connectivity index (χ4n) is 2.60. The predicted octanol–water partition coefficient (Wildman–Crippen LogP) is 5.07. The lowest BCUT2D eigenvalue weighted by atomic mass is 10.1. The maximum Gasteiger partial charge on any atom is 0.573 e. The number of nitrogens with one attached hydrogen (secondary N) is 1. The molecule has 160 valence electrons. The quantitative estimate of drug-likeness (QED) is 0.255. The monoisotopic (exact) mass is 551 g/mol. The number of anilines is 1. The van der Waals surface area contributed by atoms with Gasteiger partial charge in [-0.2, -0.15) is 5.10 Å². The average molecular weight is 552 g/mol. The van der Waals surface area contributed by atoms with Crippen molar-refractivity contribution in [3.63, 3.8) is 0 Å². The second-order valence-corrected chi connectivity index (χ2v) is 6.41. The van der Waals surface area contributed by atoms with E-state index in [1.165, 1.54) is 24.3 Å². The minimum absolute atomic E-state index is 0. The number of alkyl halides is 3. The number of nitrogens with two attached hydrogens (primary N) is 1. The second-order valence-electron chi connectivity index (χ2n) is 5.98. The Balaban J connectivity index is 0.00000320. The number of aromatic nitrogens is 2. The van der Waals surface area contributed by atoms with Crippen LogP contribution < -0.4 is 15.8 Å². The molecule has 0 aliphatic carbocycles. The Morgan fingerprint density at radius 2 is 1.83 bits per heavy atom. The number of halogens is 5. The van der Waals surface area contributed by atoms with Crippen molar-refractivity contribution in [3.05, 3.63) is 77.6 Å². The van der Waals surface area contributed by atoms with Crippen LogP contribution in [0.25, 0.3) is 0 Å². The highest BCUT2D eigenvalue weighted by molar-refractivity contribution is 14.0. The van der Waals surface area contributed by atoms with E-state index in [2.05, 4.69) is 20.1 Å². The summed E-state index contributed by atoms with van der Waals surface area (Å²) in [4.78, 5) is 4.33. The summed E-state index contributed by atoms with van der Waals surface area (Å²) in [6.45, 7) is 0.289.